The Morgan fingerprint density at radius 1 is 0.972 bits per heavy atom. The normalized spacial score (nSPS) is 13.0. The maximum absolute atomic E-state index is 13.1. The van der Waals surface area contributed by atoms with Crippen molar-refractivity contribution in [1.82, 2.24) is 4.90 Å². The molecule has 0 saturated carbocycles. The molecular weight excluding hydrogens is 500 g/mol. The lowest BCUT2D eigenvalue weighted by atomic mass is 10.00. The van der Waals surface area contributed by atoms with Crippen LogP contribution < -0.4 is 5.32 Å². The molecule has 2 atom stereocenters. The quantitative estimate of drug-likeness (QED) is 0.425. The van der Waals surface area contributed by atoms with Gasteiger partial charge in [0.05, 0.1) is 29.2 Å². The van der Waals surface area contributed by atoms with E-state index in [-0.39, 0.29) is 28.9 Å². The highest BCUT2D eigenvalue weighted by molar-refractivity contribution is 7.91. The molecule has 7 nitrogen and oxygen atoms in total. The van der Waals surface area contributed by atoms with Gasteiger partial charge in [-0.25, -0.2) is 8.42 Å². The summed E-state index contributed by atoms with van der Waals surface area (Å²) in [6, 6.07) is 19.2. The predicted octanol–water partition coefficient (Wildman–Crippen LogP) is 4.51. The summed E-state index contributed by atoms with van der Waals surface area (Å²) in [5, 5.41) is 13.7. The fourth-order valence-electron chi connectivity index (χ4n) is 3.88. The van der Waals surface area contributed by atoms with Crippen LogP contribution in [-0.4, -0.2) is 49.1 Å². The summed E-state index contributed by atoms with van der Waals surface area (Å²) in [5.41, 5.74) is 2.37. The van der Waals surface area contributed by atoms with Crippen LogP contribution in [0.3, 0.4) is 0 Å². The number of amides is 2. The monoisotopic (exact) mass is 528 g/mol. The Morgan fingerprint density at radius 3 is 2.08 bits per heavy atom. The van der Waals surface area contributed by atoms with E-state index in [9.17, 15) is 23.1 Å². The minimum Gasteiger partial charge on any atom is -0.391 e. The van der Waals surface area contributed by atoms with Crippen LogP contribution in [0.15, 0.2) is 77.7 Å². The van der Waals surface area contributed by atoms with E-state index < -0.39 is 22.0 Å². The Labute approximate surface area is 216 Å². The SMILES string of the molecule is CCS(=O)(=O)c1ccc(CC(=O)Nc2ccc(C(=O)N(C)[C@@H](c3ccc(Cl)cc3)[C@@H](C)O)cc2)cc1. The van der Waals surface area contributed by atoms with Crippen LogP contribution in [0.1, 0.15) is 41.4 Å². The molecule has 3 aromatic rings. The summed E-state index contributed by atoms with van der Waals surface area (Å²) in [6.45, 7) is 3.21. The number of aliphatic hydroxyl groups is 1. The van der Waals surface area contributed by atoms with E-state index in [1.165, 1.54) is 17.0 Å². The molecule has 0 fully saturated rings. The van der Waals surface area contributed by atoms with Crippen LogP contribution in [-0.2, 0) is 21.1 Å². The van der Waals surface area contributed by atoms with Crippen LogP contribution >= 0.6 is 11.6 Å². The molecule has 0 spiro atoms. The Hall–Kier alpha value is -3.20. The van der Waals surface area contributed by atoms with E-state index in [0.717, 1.165) is 5.56 Å². The van der Waals surface area contributed by atoms with Gasteiger partial charge in [-0.05, 0) is 66.6 Å². The zero-order valence-corrected chi connectivity index (χ0v) is 21.9. The standard InChI is InChI=1S/C27H29ClN2O5S/c1-4-36(34,35)24-15-5-19(6-16-24)17-25(32)29-23-13-9-21(10-14-23)27(33)30(3)26(18(2)31)20-7-11-22(28)12-8-20/h5-16,18,26,31H,4,17H2,1-3H3,(H,29,32)/t18-,26-/m1/s1. The van der Waals surface area contributed by atoms with Crippen molar-refractivity contribution in [1.29, 1.82) is 0 Å². The van der Waals surface area contributed by atoms with E-state index in [0.29, 0.717) is 21.8 Å². The second-order valence-corrected chi connectivity index (χ2v) is 11.2. The summed E-state index contributed by atoms with van der Waals surface area (Å²) >= 11 is 5.96. The third-order valence-corrected chi connectivity index (χ3v) is 7.85. The van der Waals surface area contributed by atoms with Crippen LogP contribution in [0.25, 0.3) is 0 Å². The first-order chi connectivity index (χ1) is 17.0. The van der Waals surface area contributed by atoms with Crippen molar-refractivity contribution in [3.8, 4) is 0 Å². The minimum absolute atomic E-state index is 0.0158. The van der Waals surface area contributed by atoms with Gasteiger partial charge in [0.15, 0.2) is 9.84 Å². The number of sulfone groups is 1. The molecule has 0 aliphatic heterocycles. The summed E-state index contributed by atoms with van der Waals surface area (Å²) < 4.78 is 23.8. The number of nitrogens with one attached hydrogen (secondary N) is 1. The maximum Gasteiger partial charge on any atom is 0.254 e. The molecule has 2 amide bonds. The first kappa shape index (κ1) is 27.4. The molecule has 0 radical (unpaired) electrons. The number of carbonyl (C=O) groups is 2. The topological polar surface area (TPSA) is 104 Å². The number of nitrogens with zero attached hydrogens (tertiary/aromatic N) is 1. The average Bonchev–Trinajstić information content (AvgIpc) is 2.85. The molecule has 36 heavy (non-hydrogen) atoms. The lowest BCUT2D eigenvalue weighted by Crippen LogP contribution is -2.37. The second kappa shape index (κ2) is 11.7. The minimum atomic E-state index is -3.29. The number of rotatable bonds is 9. The van der Waals surface area contributed by atoms with Crippen LogP contribution in [0.4, 0.5) is 5.69 Å². The molecular formula is C27H29ClN2O5S. The Kier molecular flexibility index (Phi) is 8.89. The predicted molar refractivity (Wildman–Crippen MR) is 141 cm³/mol. The molecule has 2 N–H and O–H groups in total. The van der Waals surface area contributed by atoms with Crippen molar-refractivity contribution in [2.45, 2.75) is 37.3 Å². The zero-order chi connectivity index (χ0) is 26.5. The lowest BCUT2D eigenvalue weighted by Gasteiger charge is -2.31. The number of aliphatic hydroxyl groups excluding tert-OH is 1. The molecule has 190 valence electrons. The number of anilines is 1. The molecule has 0 unspecified atom stereocenters. The summed E-state index contributed by atoms with van der Waals surface area (Å²) in [6.07, 6.45) is -0.734. The van der Waals surface area contributed by atoms with Gasteiger partial charge in [-0.2, -0.15) is 0 Å². The molecule has 3 rings (SSSR count). The first-order valence-corrected chi connectivity index (χ1v) is 13.5. The fourth-order valence-corrected chi connectivity index (χ4v) is 4.89. The van der Waals surface area contributed by atoms with Gasteiger partial charge in [-0.15, -0.1) is 0 Å². The zero-order valence-electron chi connectivity index (χ0n) is 20.3. The highest BCUT2D eigenvalue weighted by Crippen LogP contribution is 2.26. The van der Waals surface area contributed by atoms with Gasteiger partial charge in [-0.3, -0.25) is 9.59 Å². The van der Waals surface area contributed by atoms with Crippen molar-refractivity contribution in [2.75, 3.05) is 18.1 Å². The van der Waals surface area contributed by atoms with Crippen molar-refractivity contribution in [3.05, 3.63) is 94.5 Å². The number of carbonyl (C=O) groups excluding carboxylic acids is 2. The average molecular weight is 529 g/mol. The van der Waals surface area contributed by atoms with Gasteiger partial charge in [0, 0.05) is 23.3 Å². The molecule has 0 aliphatic rings. The molecule has 0 heterocycles. The van der Waals surface area contributed by atoms with E-state index in [1.807, 2.05) is 0 Å². The Morgan fingerprint density at radius 2 is 1.56 bits per heavy atom. The smallest absolute Gasteiger partial charge is 0.254 e. The van der Waals surface area contributed by atoms with E-state index in [4.69, 9.17) is 11.6 Å². The molecule has 3 aromatic carbocycles. The van der Waals surface area contributed by atoms with Crippen molar-refractivity contribution in [2.24, 2.45) is 0 Å². The number of hydrogen-bond acceptors (Lipinski definition) is 5. The van der Waals surface area contributed by atoms with Gasteiger partial charge >= 0.3 is 0 Å². The van der Waals surface area contributed by atoms with Gasteiger partial charge in [0.1, 0.15) is 0 Å². The molecule has 0 saturated heterocycles. The Balaban J connectivity index is 1.65. The van der Waals surface area contributed by atoms with Gasteiger partial charge < -0.3 is 15.3 Å². The van der Waals surface area contributed by atoms with Crippen LogP contribution in [0, 0.1) is 0 Å². The fraction of sp³-hybridized carbons (Fsp3) is 0.259. The highest BCUT2D eigenvalue weighted by Gasteiger charge is 2.27. The van der Waals surface area contributed by atoms with Crippen molar-refractivity contribution >= 4 is 38.9 Å². The van der Waals surface area contributed by atoms with Gasteiger partial charge in [0.2, 0.25) is 5.91 Å². The number of likely N-dealkylation sites (N-methyl/N-ethyl adjacent to an activating group) is 1. The van der Waals surface area contributed by atoms with Gasteiger partial charge in [-0.1, -0.05) is 42.8 Å². The van der Waals surface area contributed by atoms with E-state index in [1.54, 1.807) is 81.6 Å². The lowest BCUT2D eigenvalue weighted by molar-refractivity contribution is -0.115. The van der Waals surface area contributed by atoms with E-state index >= 15 is 0 Å². The maximum atomic E-state index is 13.1. The van der Waals surface area contributed by atoms with Crippen molar-refractivity contribution < 1.29 is 23.1 Å². The molecule has 0 aromatic heterocycles. The largest absolute Gasteiger partial charge is 0.391 e. The van der Waals surface area contributed by atoms with E-state index in [2.05, 4.69) is 5.32 Å². The van der Waals surface area contributed by atoms with Gasteiger partial charge in [0.25, 0.3) is 5.91 Å². The highest BCUT2D eigenvalue weighted by atomic mass is 35.5. The molecule has 9 heteroatoms. The number of hydrogen-bond donors (Lipinski definition) is 2. The third kappa shape index (κ3) is 6.72. The summed E-state index contributed by atoms with van der Waals surface area (Å²) in [4.78, 5) is 27.2. The summed E-state index contributed by atoms with van der Waals surface area (Å²) in [5.74, 6) is -0.535. The number of benzene rings is 3. The van der Waals surface area contributed by atoms with Crippen LogP contribution in [0.5, 0.6) is 0 Å². The first-order valence-electron chi connectivity index (χ1n) is 11.4. The summed E-state index contributed by atoms with van der Waals surface area (Å²) in [7, 11) is -1.66. The van der Waals surface area contributed by atoms with Crippen molar-refractivity contribution in [3.63, 3.8) is 0 Å². The third-order valence-electron chi connectivity index (χ3n) is 5.85. The molecule has 0 aliphatic carbocycles. The Bertz CT molecular complexity index is 1310. The molecule has 0 bridgehead atoms. The number of halogens is 1. The second-order valence-electron chi connectivity index (χ2n) is 8.50. The van der Waals surface area contributed by atoms with Crippen LogP contribution in [0.2, 0.25) is 5.02 Å².